The van der Waals surface area contributed by atoms with E-state index in [0.717, 1.165) is 16.7 Å². The average Bonchev–Trinajstić information content (AvgIpc) is 2.47. The van der Waals surface area contributed by atoms with Crippen molar-refractivity contribution in [2.45, 2.75) is 6.54 Å². The van der Waals surface area contributed by atoms with Gasteiger partial charge in [-0.05, 0) is 12.1 Å². The lowest BCUT2D eigenvalue weighted by molar-refractivity contribution is 0.545. The molecule has 1 aromatic carbocycles. The molecule has 0 bridgehead atoms. The Labute approximate surface area is 69.5 Å². The van der Waals surface area contributed by atoms with E-state index in [4.69, 9.17) is 9.95 Å². The summed E-state index contributed by atoms with van der Waals surface area (Å²) in [5, 5.41) is 4.32. The van der Waals surface area contributed by atoms with Gasteiger partial charge < -0.3 is 4.42 Å². The van der Waals surface area contributed by atoms with Crippen molar-refractivity contribution in [2.24, 2.45) is 5.11 Å². The van der Waals surface area contributed by atoms with E-state index in [1.807, 2.05) is 30.3 Å². The number of hydrogen-bond donors (Lipinski definition) is 1. The second-order valence-corrected chi connectivity index (χ2v) is 2.57. The first-order valence-corrected chi connectivity index (χ1v) is 3.71. The zero-order valence-corrected chi connectivity index (χ0v) is 6.45. The number of nitrogens with one attached hydrogen (secondary N) is 1. The predicted octanol–water partition coefficient (Wildman–Crippen LogP) is 2.96. The molecular formula is C9H8N2O. The number of nitrogens with zero attached hydrogens (tertiary/aromatic N) is 1. The van der Waals surface area contributed by atoms with E-state index in [1.165, 1.54) is 0 Å². The van der Waals surface area contributed by atoms with Crippen LogP contribution in [-0.2, 0) is 6.54 Å². The summed E-state index contributed by atoms with van der Waals surface area (Å²) in [7, 11) is 0. The summed E-state index contributed by atoms with van der Waals surface area (Å²) in [4.78, 5) is 0. The van der Waals surface area contributed by atoms with Crippen LogP contribution in [0.25, 0.3) is 11.0 Å². The molecule has 0 aliphatic carbocycles. The van der Waals surface area contributed by atoms with Gasteiger partial charge >= 0.3 is 0 Å². The Kier molecular flexibility index (Phi) is 1.63. The Hall–Kier alpha value is -1.64. The number of hydrogen-bond acceptors (Lipinski definition) is 3. The maximum atomic E-state index is 6.68. The summed E-state index contributed by atoms with van der Waals surface area (Å²) < 4.78 is 5.39. The van der Waals surface area contributed by atoms with Gasteiger partial charge in [-0.3, -0.25) is 0 Å². The van der Waals surface area contributed by atoms with Crippen LogP contribution in [-0.4, -0.2) is 0 Å². The molecule has 0 saturated heterocycles. The van der Waals surface area contributed by atoms with Gasteiger partial charge in [0, 0.05) is 5.39 Å². The van der Waals surface area contributed by atoms with E-state index in [1.54, 1.807) is 0 Å². The maximum absolute atomic E-state index is 6.68. The molecule has 0 radical (unpaired) electrons. The van der Waals surface area contributed by atoms with Crippen LogP contribution in [0.4, 0.5) is 0 Å². The molecule has 3 nitrogen and oxygen atoms in total. The Balaban J connectivity index is 2.54. The lowest BCUT2D eigenvalue weighted by Crippen LogP contribution is -1.69. The molecule has 2 rings (SSSR count). The van der Waals surface area contributed by atoms with Gasteiger partial charge in [0.15, 0.2) is 0 Å². The van der Waals surface area contributed by atoms with Crippen molar-refractivity contribution in [3.05, 3.63) is 36.1 Å². The molecule has 1 aromatic heterocycles. The molecule has 0 unspecified atom stereocenters. The third kappa shape index (κ3) is 1.09. The molecule has 0 aliphatic rings. The van der Waals surface area contributed by atoms with Crippen LogP contribution in [0.15, 0.2) is 39.9 Å². The van der Waals surface area contributed by atoms with Crippen LogP contribution in [0, 0.1) is 5.53 Å². The molecule has 12 heavy (non-hydrogen) atoms. The van der Waals surface area contributed by atoms with Crippen molar-refractivity contribution in [1.82, 2.24) is 0 Å². The quantitative estimate of drug-likeness (QED) is 0.674. The second-order valence-electron chi connectivity index (χ2n) is 2.57. The molecule has 0 fully saturated rings. The number of benzene rings is 1. The predicted molar refractivity (Wildman–Crippen MR) is 45.1 cm³/mol. The zero-order valence-electron chi connectivity index (χ0n) is 6.45. The molecule has 0 aliphatic heterocycles. The smallest absolute Gasteiger partial charge is 0.134 e. The van der Waals surface area contributed by atoms with Gasteiger partial charge in [0.25, 0.3) is 0 Å². The topological polar surface area (TPSA) is 49.4 Å². The minimum Gasteiger partial charge on any atom is -0.459 e. The van der Waals surface area contributed by atoms with E-state index >= 15 is 0 Å². The number of rotatable bonds is 2. The zero-order chi connectivity index (χ0) is 8.39. The highest BCUT2D eigenvalue weighted by Gasteiger charge is 2.00. The molecule has 1 N–H and O–H groups in total. The summed E-state index contributed by atoms with van der Waals surface area (Å²) in [5.41, 5.74) is 7.54. The van der Waals surface area contributed by atoms with E-state index in [9.17, 15) is 0 Å². The molecule has 0 saturated carbocycles. The number of fused-ring (bicyclic) bond motifs is 1. The van der Waals surface area contributed by atoms with Crippen molar-refractivity contribution >= 4 is 11.0 Å². The fraction of sp³-hybridized carbons (Fsp3) is 0.111. The fourth-order valence-corrected chi connectivity index (χ4v) is 1.19. The van der Waals surface area contributed by atoms with Crippen LogP contribution in [0.3, 0.4) is 0 Å². The fourth-order valence-electron chi connectivity index (χ4n) is 1.19. The van der Waals surface area contributed by atoms with E-state index in [0.29, 0.717) is 6.54 Å². The summed E-state index contributed by atoms with van der Waals surface area (Å²) in [6.45, 7) is 0.328. The van der Waals surface area contributed by atoms with E-state index in [-0.39, 0.29) is 0 Å². The van der Waals surface area contributed by atoms with Gasteiger partial charge in [-0.2, -0.15) is 5.11 Å². The van der Waals surface area contributed by atoms with Crippen molar-refractivity contribution in [1.29, 1.82) is 5.53 Å². The third-order valence-electron chi connectivity index (χ3n) is 1.71. The van der Waals surface area contributed by atoms with Crippen LogP contribution < -0.4 is 0 Å². The van der Waals surface area contributed by atoms with Crippen LogP contribution >= 0.6 is 0 Å². The van der Waals surface area contributed by atoms with Gasteiger partial charge in [0.05, 0.1) is 0 Å². The van der Waals surface area contributed by atoms with Gasteiger partial charge in [-0.15, -0.1) is 0 Å². The van der Waals surface area contributed by atoms with Crippen molar-refractivity contribution in [3.63, 3.8) is 0 Å². The molecular weight excluding hydrogens is 152 g/mol. The summed E-state index contributed by atoms with van der Waals surface area (Å²) >= 11 is 0. The highest BCUT2D eigenvalue weighted by Crippen LogP contribution is 2.18. The first-order chi connectivity index (χ1) is 5.90. The first-order valence-electron chi connectivity index (χ1n) is 3.71. The van der Waals surface area contributed by atoms with E-state index in [2.05, 4.69) is 5.11 Å². The monoisotopic (exact) mass is 160 g/mol. The van der Waals surface area contributed by atoms with Crippen LogP contribution in [0.1, 0.15) is 5.76 Å². The molecule has 3 heteroatoms. The molecule has 0 spiro atoms. The minimum atomic E-state index is 0.328. The maximum Gasteiger partial charge on any atom is 0.134 e. The highest BCUT2D eigenvalue weighted by molar-refractivity contribution is 5.77. The summed E-state index contributed by atoms with van der Waals surface area (Å²) in [6, 6.07) is 9.68. The van der Waals surface area contributed by atoms with Crippen molar-refractivity contribution < 1.29 is 4.42 Å². The largest absolute Gasteiger partial charge is 0.459 e. The molecule has 2 aromatic rings. The molecule has 0 atom stereocenters. The Morgan fingerprint density at radius 2 is 2.17 bits per heavy atom. The SMILES string of the molecule is N=NCc1cc2ccccc2o1. The first kappa shape index (κ1) is 7.03. The normalized spacial score (nSPS) is 10.3. The highest BCUT2D eigenvalue weighted by atomic mass is 16.3. The molecule has 0 amide bonds. The standard InChI is InChI=1S/C9H8N2O/c10-11-6-8-5-7-3-1-2-4-9(7)12-8/h1-5,10H,6H2. The van der Waals surface area contributed by atoms with Crippen molar-refractivity contribution in [2.75, 3.05) is 0 Å². The van der Waals surface area contributed by atoms with Gasteiger partial charge in [-0.25, -0.2) is 5.53 Å². The van der Waals surface area contributed by atoms with E-state index < -0.39 is 0 Å². The average molecular weight is 160 g/mol. The second kappa shape index (κ2) is 2.77. The van der Waals surface area contributed by atoms with Gasteiger partial charge in [0.2, 0.25) is 0 Å². The molecule has 60 valence electrons. The number of para-hydroxylation sites is 1. The Morgan fingerprint density at radius 3 is 2.92 bits per heavy atom. The van der Waals surface area contributed by atoms with Crippen molar-refractivity contribution in [3.8, 4) is 0 Å². The summed E-state index contributed by atoms with van der Waals surface area (Å²) in [5.74, 6) is 0.742. The minimum absolute atomic E-state index is 0.328. The van der Waals surface area contributed by atoms with Crippen LogP contribution in [0.5, 0.6) is 0 Å². The summed E-state index contributed by atoms with van der Waals surface area (Å²) in [6.07, 6.45) is 0. The number of furan rings is 1. The van der Waals surface area contributed by atoms with Gasteiger partial charge in [0.1, 0.15) is 17.9 Å². The molecule has 1 heterocycles. The Bertz CT molecular complexity index is 373. The van der Waals surface area contributed by atoms with Crippen LogP contribution in [0.2, 0.25) is 0 Å². The lowest BCUT2D eigenvalue weighted by atomic mass is 10.2. The third-order valence-corrected chi connectivity index (χ3v) is 1.71. The lowest BCUT2D eigenvalue weighted by Gasteiger charge is -1.84. The Morgan fingerprint density at radius 1 is 1.33 bits per heavy atom. The van der Waals surface area contributed by atoms with Gasteiger partial charge in [-0.1, -0.05) is 18.2 Å².